The number of rotatable bonds is 6. The highest BCUT2D eigenvalue weighted by molar-refractivity contribution is 5.75. The summed E-state index contributed by atoms with van der Waals surface area (Å²) in [6.45, 7) is 4.32. The maximum Gasteiger partial charge on any atom is 0.221 e. The van der Waals surface area contributed by atoms with E-state index in [1.165, 1.54) is 19.2 Å². The summed E-state index contributed by atoms with van der Waals surface area (Å²) in [4.78, 5) is 11.5. The Kier molecular flexibility index (Phi) is 5.28. The minimum atomic E-state index is -0.243. The van der Waals surface area contributed by atoms with Crippen LogP contribution in [-0.4, -0.2) is 19.7 Å². The topological polar surface area (TPSA) is 38.3 Å². The number of nitrogens with one attached hydrogen (secondary N) is 1. The molecule has 0 aromatic heterocycles. The Morgan fingerprint density at radius 1 is 1.33 bits per heavy atom. The van der Waals surface area contributed by atoms with E-state index in [0.29, 0.717) is 12.8 Å². The lowest BCUT2D eigenvalue weighted by atomic mass is 9.80. The molecular weight excluding hydrogens is 233 g/mol. The monoisotopic (exact) mass is 253 g/mol. The van der Waals surface area contributed by atoms with Gasteiger partial charge in [0.25, 0.3) is 0 Å². The lowest BCUT2D eigenvalue weighted by Gasteiger charge is -2.25. The van der Waals surface area contributed by atoms with Gasteiger partial charge in [0.05, 0.1) is 0 Å². The zero-order valence-electron chi connectivity index (χ0n) is 11.1. The summed E-state index contributed by atoms with van der Waals surface area (Å²) < 4.78 is 17.6. The van der Waals surface area contributed by atoms with Gasteiger partial charge in [0.2, 0.25) is 5.91 Å². The van der Waals surface area contributed by atoms with Crippen molar-refractivity contribution in [3.8, 4) is 0 Å². The molecule has 1 N–H and O–H groups in total. The molecule has 0 aliphatic carbocycles. The van der Waals surface area contributed by atoms with E-state index in [1.54, 1.807) is 12.1 Å². The number of amides is 1. The van der Waals surface area contributed by atoms with Gasteiger partial charge in [-0.3, -0.25) is 4.79 Å². The van der Waals surface area contributed by atoms with Gasteiger partial charge in [-0.2, -0.15) is 0 Å². The third-order valence-electron chi connectivity index (χ3n) is 3.02. The van der Waals surface area contributed by atoms with Crippen LogP contribution in [0.1, 0.15) is 32.3 Å². The van der Waals surface area contributed by atoms with Gasteiger partial charge in [-0.25, -0.2) is 4.39 Å². The molecule has 1 aromatic carbocycles. The number of methoxy groups -OCH3 is 1. The molecule has 0 saturated heterocycles. The number of benzene rings is 1. The highest BCUT2D eigenvalue weighted by Crippen LogP contribution is 2.28. The highest BCUT2D eigenvalue weighted by Gasteiger charge is 2.21. The van der Waals surface area contributed by atoms with E-state index < -0.39 is 0 Å². The third-order valence-corrected chi connectivity index (χ3v) is 3.02. The van der Waals surface area contributed by atoms with Gasteiger partial charge in [-0.1, -0.05) is 26.0 Å². The first-order chi connectivity index (χ1) is 8.45. The number of ether oxygens (including phenoxy) is 1. The molecule has 0 radical (unpaired) electrons. The zero-order valence-corrected chi connectivity index (χ0v) is 11.1. The smallest absolute Gasteiger partial charge is 0.221 e. The molecule has 0 saturated carbocycles. The van der Waals surface area contributed by atoms with Crippen LogP contribution in [0.5, 0.6) is 0 Å². The number of hydrogen-bond donors (Lipinski definition) is 1. The van der Waals surface area contributed by atoms with Crippen molar-refractivity contribution in [3.05, 3.63) is 35.6 Å². The van der Waals surface area contributed by atoms with Gasteiger partial charge in [0, 0.05) is 13.5 Å². The minimum absolute atomic E-state index is 0.0352. The predicted octanol–water partition coefficient (Wildman–Crippen LogP) is 2.60. The van der Waals surface area contributed by atoms with Crippen LogP contribution < -0.4 is 5.32 Å². The normalized spacial score (nSPS) is 11.3. The fourth-order valence-corrected chi connectivity index (χ4v) is 1.71. The number of carbonyl (C=O) groups excluding carboxylic acids is 1. The van der Waals surface area contributed by atoms with Crippen molar-refractivity contribution in [2.24, 2.45) is 0 Å². The number of halogens is 1. The molecule has 18 heavy (non-hydrogen) atoms. The Balaban J connectivity index is 2.54. The van der Waals surface area contributed by atoms with Crippen molar-refractivity contribution >= 4 is 5.91 Å². The molecule has 4 heteroatoms. The van der Waals surface area contributed by atoms with Crippen molar-refractivity contribution in [3.63, 3.8) is 0 Å². The molecular formula is C14H20FNO2. The van der Waals surface area contributed by atoms with E-state index in [1.807, 2.05) is 13.8 Å². The number of carbonyl (C=O) groups is 1. The van der Waals surface area contributed by atoms with Crippen LogP contribution in [0.3, 0.4) is 0 Å². The predicted molar refractivity (Wildman–Crippen MR) is 68.7 cm³/mol. The molecule has 0 spiro atoms. The lowest BCUT2D eigenvalue weighted by molar-refractivity contribution is -0.122. The van der Waals surface area contributed by atoms with Crippen LogP contribution in [0.4, 0.5) is 4.39 Å². The molecule has 0 unspecified atom stereocenters. The second-order valence-electron chi connectivity index (χ2n) is 4.92. The van der Waals surface area contributed by atoms with Crippen molar-refractivity contribution in [1.82, 2.24) is 5.32 Å². The molecule has 100 valence electrons. The van der Waals surface area contributed by atoms with Crippen LogP contribution in [0.15, 0.2) is 24.3 Å². The average Bonchev–Trinajstić information content (AvgIpc) is 2.34. The molecule has 3 nitrogen and oxygen atoms in total. The van der Waals surface area contributed by atoms with Gasteiger partial charge in [0.15, 0.2) is 0 Å². The van der Waals surface area contributed by atoms with E-state index in [4.69, 9.17) is 4.74 Å². The molecule has 0 bridgehead atoms. The van der Waals surface area contributed by atoms with E-state index in [9.17, 15) is 9.18 Å². The van der Waals surface area contributed by atoms with E-state index >= 15 is 0 Å². The van der Waals surface area contributed by atoms with Crippen LogP contribution >= 0.6 is 0 Å². The Morgan fingerprint density at radius 3 is 2.50 bits per heavy atom. The second-order valence-corrected chi connectivity index (χ2v) is 4.92. The van der Waals surface area contributed by atoms with E-state index in [2.05, 4.69) is 5.32 Å². The number of hydrogen-bond acceptors (Lipinski definition) is 2. The standard InChI is InChI=1S/C14H20FNO2/c1-14(2,9-8-13(17)16-10-18-3)11-4-6-12(15)7-5-11/h4-7H,8-10H2,1-3H3,(H,16,17). The zero-order chi connectivity index (χ0) is 13.6. The van der Waals surface area contributed by atoms with Crippen LogP contribution in [-0.2, 0) is 14.9 Å². The average molecular weight is 253 g/mol. The summed E-state index contributed by atoms with van der Waals surface area (Å²) in [6, 6.07) is 6.43. The Labute approximate surface area is 107 Å². The van der Waals surface area contributed by atoms with Crippen molar-refractivity contribution in [2.75, 3.05) is 13.8 Å². The van der Waals surface area contributed by atoms with Crippen LogP contribution in [0, 0.1) is 5.82 Å². The van der Waals surface area contributed by atoms with Crippen molar-refractivity contribution in [1.29, 1.82) is 0 Å². The first kappa shape index (κ1) is 14.6. The largest absolute Gasteiger partial charge is 0.364 e. The second kappa shape index (κ2) is 6.50. The molecule has 0 aliphatic rings. The summed E-state index contributed by atoms with van der Waals surface area (Å²) >= 11 is 0. The summed E-state index contributed by atoms with van der Waals surface area (Å²) in [5, 5.41) is 2.64. The quantitative estimate of drug-likeness (QED) is 0.791. The fraction of sp³-hybridized carbons (Fsp3) is 0.500. The van der Waals surface area contributed by atoms with Gasteiger partial charge in [-0.15, -0.1) is 0 Å². The van der Waals surface area contributed by atoms with Gasteiger partial charge in [0.1, 0.15) is 12.5 Å². The molecule has 0 heterocycles. The molecule has 1 rings (SSSR count). The first-order valence-electron chi connectivity index (χ1n) is 5.97. The summed E-state index contributed by atoms with van der Waals surface area (Å²) in [6.07, 6.45) is 1.13. The Hall–Kier alpha value is -1.42. The fourth-order valence-electron chi connectivity index (χ4n) is 1.71. The SMILES string of the molecule is COCNC(=O)CCC(C)(C)c1ccc(F)cc1. The van der Waals surface area contributed by atoms with Gasteiger partial charge in [-0.05, 0) is 29.5 Å². The Morgan fingerprint density at radius 2 is 1.94 bits per heavy atom. The molecule has 0 aliphatic heterocycles. The summed E-state index contributed by atoms with van der Waals surface area (Å²) in [5.41, 5.74) is 0.876. The summed E-state index contributed by atoms with van der Waals surface area (Å²) in [7, 11) is 1.53. The maximum absolute atomic E-state index is 12.9. The first-order valence-corrected chi connectivity index (χ1v) is 5.97. The van der Waals surface area contributed by atoms with Crippen LogP contribution in [0.2, 0.25) is 0 Å². The molecule has 1 amide bonds. The lowest BCUT2D eigenvalue weighted by Crippen LogP contribution is -2.27. The van der Waals surface area contributed by atoms with Gasteiger partial charge >= 0.3 is 0 Å². The summed E-state index contributed by atoms with van der Waals surface area (Å²) in [5.74, 6) is -0.278. The molecule has 1 aromatic rings. The van der Waals surface area contributed by atoms with Gasteiger partial charge < -0.3 is 10.1 Å². The molecule has 0 fully saturated rings. The highest BCUT2D eigenvalue weighted by atomic mass is 19.1. The van der Waals surface area contributed by atoms with E-state index in [-0.39, 0.29) is 23.9 Å². The van der Waals surface area contributed by atoms with Crippen molar-refractivity contribution < 1.29 is 13.9 Å². The van der Waals surface area contributed by atoms with Crippen molar-refractivity contribution in [2.45, 2.75) is 32.1 Å². The molecule has 0 atom stereocenters. The minimum Gasteiger partial charge on any atom is -0.364 e. The Bertz CT molecular complexity index is 387. The third kappa shape index (κ3) is 4.45. The van der Waals surface area contributed by atoms with E-state index in [0.717, 1.165) is 5.56 Å². The maximum atomic E-state index is 12.9. The van der Waals surface area contributed by atoms with Crippen LogP contribution in [0.25, 0.3) is 0 Å².